The minimum absolute atomic E-state index is 0.149. The summed E-state index contributed by atoms with van der Waals surface area (Å²) in [4.78, 5) is 4.21. The van der Waals surface area contributed by atoms with Crippen molar-refractivity contribution in [2.24, 2.45) is 0 Å². The van der Waals surface area contributed by atoms with Crippen LogP contribution in [0.2, 0.25) is 0 Å². The fourth-order valence-electron chi connectivity index (χ4n) is 2.08. The molecule has 1 N–H and O–H groups in total. The van der Waals surface area contributed by atoms with Gasteiger partial charge in [0.1, 0.15) is 4.75 Å². The van der Waals surface area contributed by atoms with Gasteiger partial charge in [-0.1, -0.05) is 0 Å². The van der Waals surface area contributed by atoms with Gasteiger partial charge in [0.15, 0.2) is 6.61 Å². The summed E-state index contributed by atoms with van der Waals surface area (Å²) in [5.41, 5.74) is 1.76. The van der Waals surface area contributed by atoms with Crippen LogP contribution in [-0.2, 0) is 11.4 Å². The molecule has 23 heavy (non-hydrogen) atoms. The summed E-state index contributed by atoms with van der Waals surface area (Å²) in [5, 5.41) is 0. The summed E-state index contributed by atoms with van der Waals surface area (Å²) < 4.78 is 44.7. The fourth-order valence-corrected chi connectivity index (χ4v) is 2.89. The second-order valence-electron chi connectivity index (χ2n) is 6.86. The fraction of sp³-hybridized carbons (Fsp3) is 0.688. The molecular weight excluding hydrogens is 322 g/mol. The minimum atomic E-state index is -2.52. The first-order chi connectivity index (χ1) is 10.7. The van der Waals surface area contributed by atoms with Crippen LogP contribution in [0.4, 0.5) is 8.78 Å². The van der Waals surface area contributed by atoms with Crippen LogP contribution < -0.4 is 9.46 Å². The number of rotatable bonds is 7. The van der Waals surface area contributed by atoms with Crippen LogP contribution in [0.15, 0.2) is 12.3 Å². The molecule has 1 aromatic heterocycles. The summed E-state index contributed by atoms with van der Waals surface area (Å²) in [7, 11) is 0. The number of ether oxygens (including phenoxy) is 1. The van der Waals surface area contributed by atoms with Gasteiger partial charge in [-0.3, -0.25) is 0 Å². The first-order valence-electron chi connectivity index (χ1n) is 7.77. The first kappa shape index (κ1) is 18.4. The number of pyridine rings is 1. The van der Waals surface area contributed by atoms with Gasteiger partial charge in [0.05, 0.1) is 6.04 Å². The molecular formula is C16H24F2N2O2S. The third-order valence-electron chi connectivity index (χ3n) is 3.60. The quantitative estimate of drug-likeness (QED) is 0.765. The Morgan fingerprint density at radius 2 is 2.09 bits per heavy atom. The first-order valence-corrected chi connectivity index (χ1v) is 8.92. The molecule has 2 atom stereocenters. The van der Waals surface area contributed by atoms with E-state index in [-0.39, 0.29) is 10.8 Å². The Hall–Kier alpha value is -0.920. The molecule has 1 heterocycles. The molecule has 7 heteroatoms. The van der Waals surface area contributed by atoms with E-state index in [4.69, 9.17) is 4.74 Å². The van der Waals surface area contributed by atoms with E-state index in [1.807, 2.05) is 33.8 Å². The molecule has 2 rings (SSSR count). The van der Waals surface area contributed by atoms with E-state index in [0.29, 0.717) is 11.8 Å². The van der Waals surface area contributed by atoms with Gasteiger partial charge >= 0.3 is 0 Å². The summed E-state index contributed by atoms with van der Waals surface area (Å²) in [6, 6.07) is 1.78. The average Bonchev–Trinajstić information content (AvgIpc) is 3.28. The maximum Gasteiger partial charge on any atom is 0.272 e. The van der Waals surface area contributed by atoms with Crippen LogP contribution in [0.25, 0.3) is 0 Å². The molecule has 0 spiro atoms. The molecule has 0 amide bonds. The SMILES string of the molecule is C[C@@H](N[S+]([O-])C(C)(C)C)c1cnc(OCC(F)F)c(C2CC2)c1. The van der Waals surface area contributed by atoms with Gasteiger partial charge in [0.25, 0.3) is 6.43 Å². The Labute approximate surface area is 139 Å². The van der Waals surface area contributed by atoms with Crippen molar-refractivity contribution in [2.45, 2.75) is 63.7 Å². The lowest BCUT2D eigenvalue weighted by Crippen LogP contribution is -2.40. The minimum Gasteiger partial charge on any atom is -0.598 e. The van der Waals surface area contributed by atoms with E-state index < -0.39 is 24.4 Å². The van der Waals surface area contributed by atoms with Gasteiger partial charge in [-0.05, 0) is 58.1 Å². The van der Waals surface area contributed by atoms with E-state index >= 15 is 0 Å². The summed E-state index contributed by atoms with van der Waals surface area (Å²) in [6.45, 7) is 6.97. The van der Waals surface area contributed by atoms with E-state index in [2.05, 4.69) is 9.71 Å². The van der Waals surface area contributed by atoms with Crippen LogP contribution in [0.1, 0.15) is 63.6 Å². The highest BCUT2D eigenvalue weighted by Gasteiger charge is 2.31. The topological polar surface area (TPSA) is 57.2 Å². The monoisotopic (exact) mass is 346 g/mol. The molecule has 0 saturated heterocycles. The Kier molecular flexibility index (Phi) is 5.86. The Bertz CT molecular complexity index is 533. The molecule has 1 fully saturated rings. The van der Waals surface area contributed by atoms with Crippen molar-refractivity contribution < 1.29 is 18.1 Å². The Morgan fingerprint density at radius 3 is 2.61 bits per heavy atom. The number of aromatic nitrogens is 1. The van der Waals surface area contributed by atoms with Crippen LogP contribution in [-0.4, -0.2) is 27.3 Å². The van der Waals surface area contributed by atoms with Crippen molar-refractivity contribution in [3.05, 3.63) is 23.4 Å². The number of alkyl halides is 2. The lowest BCUT2D eigenvalue weighted by Gasteiger charge is -2.26. The van der Waals surface area contributed by atoms with Crippen molar-refractivity contribution in [1.82, 2.24) is 9.71 Å². The predicted molar refractivity (Wildman–Crippen MR) is 87.2 cm³/mol. The molecule has 0 radical (unpaired) electrons. The number of hydrogen-bond acceptors (Lipinski definition) is 4. The van der Waals surface area contributed by atoms with Crippen LogP contribution in [0, 0.1) is 0 Å². The summed E-state index contributed by atoms with van der Waals surface area (Å²) in [5.74, 6) is 0.621. The number of halogens is 2. The Balaban J connectivity index is 2.12. The van der Waals surface area contributed by atoms with Crippen molar-refractivity contribution in [2.75, 3.05) is 6.61 Å². The van der Waals surface area contributed by atoms with Crippen LogP contribution in [0.3, 0.4) is 0 Å². The number of nitrogens with one attached hydrogen (secondary N) is 1. The number of nitrogens with zero attached hydrogens (tertiary/aromatic N) is 1. The zero-order chi connectivity index (χ0) is 17.2. The van der Waals surface area contributed by atoms with Gasteiger partial charge in [0.2, 0.25) is 5.88 Å². The van der Waals surface area contributed by atoms with Crippen molar-refractivity contribution >= 4 is 11.4 Å². The zero-order valence-corrected chi connectivity index (χ0v) is 14.8. The van der Waals surface area contributed by atoms with Crippen LogP contribution >= 0.6 is 0 Å². The highest BCUT2D eigenvalue weighted by Crippen LogP contribution is 2.44. The average molecular weight is 346 g/mol. The van der Waals surface area contributed by atoms with E-state index in [9.17, 15) is 13.3 Å². The molecule has 1 aromatic rings. The molecule has 4 nitrogen and oxygen atoms in total. The largest absolute Gasteiger partial charge is 0.598 e. The van der Waals surface area contributed by atoms with Crippen molar-refractivity contribution in [3.63, 3.8) is 0 Å². The lowest BCUT2D eigenvalue weighted by molar-refractivity contribution is 0.0790. The van der Waals surface area contributed by atoms with Gasteiger partial charge < -0.3 is 9.29 Å². The lowest BCUT2D eigenvalue weighted by atomic mass is 10.1. The van der Waals surface area contributed by atoms with Crippen molar-refractivity contribution in [1.29, 1.82) is 0 Å². The van der Waals surface area contributed by atoms with Gasteiger partial charge in [-0.15, -0.1) is 4.72 Å². The normalized spacial score (nSPS) is 18.1. The molecule has 1 aliphatic rings. The zero-order valence-electron chi connectivity index (χ0n) is 13.9. The van der Waals surface area contributed by atoms with E-state index in [1.54, 1.807) is 6.20 Å². The molecule has 0 aromatic carbocycles. The smallest absolute Gasteiger partial charge is 0.272 e. The molecule has 130 valence electrons. The third kappa shape index (κ3) is 5.29. The molecule has 0 aliphatic heterocycles. The molecule has 1 unspecified atom stereocenters. The second kappa shape index (κ2) is 7.32. The molecule has 0 bridgehead atoms. The molecule has 1 saturated carbocycles. The van der Waals surface area contributed by atoms with E-state index in [0.717, 1.165) is 24.0 Å². The summed E-state index contributed by atoms with van der Waals surface area (Å²) >= 11 is -1.19. The predicted octanol–water partition coefficient (Wildman–Crippen LogP) is 3.72. The Morgan fingerprint density at radius 1 is 1.43 bits per heavy atom. The van der Waals surface area contributed by atoms with Crippen molar-refractivity contribution in [3.8, 4) is 5.88 Å². The molecule has 1 aliphatic carbocycles. The van der Waals surface area contributed by atoms with Gasteiger partial charge in [0, 0.05) is 23.1 Å². The number of hydrogen-bond donors (Lipinski definition) is 1. The van der Waals surface area contributed by atoms with Gasteiger partial charge in [-0.2, -0.15) is 0 Å². The standard InChI is InChI=1S/C16H24F2N2O2S/c1-10(20-23(21)16(2,3)4)12-7-13(11-5-6-11)15(19-8-12)22-9-14(17)18/h7-8,10-11,14,20H,5-6,9H2,1-4H3/t10-,23?/m1/s1. The maximum absolute atomic E-state index is 12.3. The second-order valence-corrected chi connectivity index (χ2v) is 8.86. The van der Waals surface area contributed by atoms with Crippen LogP contribution in [0.5, 0.6) is 5.88 Å². The van der Waals surface area contributed by atoms with Gasteiger partial charge in [-0.25, -0.2) is 13.8 Å². The highest BCUT2D eigenvalue weighted by molar-refractivity contribution is 7.90. The maximum atomic E-state index is 12.3. The summed E-state index contributed by atoms with van der Waals surface area (Å²) in [6.07, 6.45) is 1.13. The van der Waals surface area contributed by atoms with E-state index in [1.165, 1.54) is 0 Å². The third-order valence-corrected chi connectivity index (χ3v) is 5.28. The highest BCUT2D eigenvalue weighted by atomic mass is 32.2.